The van der Waals surface area contributed by atoms with Crippen molar-refractivity contribution < 1.29 is 9.47 Å². The molecule has 0 aliphatic rings. The molecule has 0 bridgehead atoms. The largest absolute Gasteiger partial charge is 0.496 e. The lowest BCUT2D eigenvalue weighted by Crippen LogP contribution is -2.27. The highest BCUT2D eigenvalue weighted by Crippen LogP contribution is 2.47. The van der Waals surface area contributed by atoms with Gasteiger partial charge in [-0.25, -0.2) is 0 Å². The third kappa shape index (κ3) is 3.43. The van der Waals surface area contributed by atoms with Crippen LogP contribution in [0.5, 0.6) is 11.5 Å². The Morgan fingerprint density at radius 3 is 1.00 bits per heavy atom. The Morgan fingerprint density at radius 1 is 0.583 bits per heavy atom. The molecule has 24 heavy (non-hydrogen) atoms. The molecule has 2 nitrogen and oxygen atoms in total. The highest BCUT2D eigenvalue weighted by atomic mass is 16.5. The zero-order chi connectivity index (χ0) is 18.4. The van der Waals surface area contributed by atoms with Crippen LogP contribution in [0, 0.1) is 0 Å². The summed E-state index contributed by atoms with van der Waals surface area (Å²) in [6, 6.07) is 4.53. The van der Waals surface area contributed by atoms with Gasteiger partial charge >= 0.3 is 0 Å². The lowest BCUT2D eigenvalue weighted by Gasteiger charge is -2.36. The number of benzene rings is 1. The van der Waals surface area contributed by atoms with Crippen LogP contribution in [0.3, 0.4) is 0 Å². The summed E-state index contributed by atoms with van der Waals surface area (Å²) in [4.78, 5) is 0. The van der Waals surface area contributed by atoms with Crippen molar-refractivity contribution in [3.05, 3.63) is 23.3 Å². The van der Waals surface area contributed by atoms with Crippen LogP contribution in [-0.2, 0) is 10.8 Å². The SMILES string of the molecule is CCC(CC)(CC)c1cc(OC)c(C(CC)(CC)CC)cc1OC. The molecule has 0 saturated carbocycles. The number of hydrogen-bond acceptors (Lipinski definition) is 2. The van der Waals surface area contributed by atoms with Crippen molar-refractivity contribution in [2.24, 2.45) is 0 Å². The van der Waals surface area contributed by atoms with Gasteiger partial charge in [-0.05, 0) is 61.5 Å². The number of hydrogen-bond donors (Lipinski definition) is 0. The van der Waals surface area contributed by atoms with Crippen molar-refractivity contribution in [3.8, 4) is 11.5 Å². The average molecular weight is 335 g/mol. The van der Waals surface area contributed by atoms with E-state index < -0.39 is 0 Å². The van der Waals surface area contributed by atoms with E-state index in [0.717, 1.165) is 50.0 Å². The van der Waals surface area contributed by atoms with E-state index in [2.05, 4.69) is 53.7 Å². The number of methoxy groups -OCH3 is 2. The molecule has 2 heteroatoms. The van der Waals surface area contributed by atoms with Gasteiger partial charge in [-0.15, -0.1) is 0 Å². The molecule has 0 atom stereocenters. The van der Waals surface area contributed by atoms with Gasteiger partial charge < -0.3 is 9.47 Å². The first kappa shape index (κ1) is 20.9. The van der Waals surface area contributed by atoms with E-state index in [-0.39, 0.29) is 10.8 Å². The topological polar surface area (TPSA) is 18.5 Å². The highest BCUT2D eigenvalue weighted by Gasteiger charge is 2.35. The Morgan fingerprint density at radius 2 is 0.833 bits per heavy atom. The highest BCUT2D eigenvalue weighted by molar-refractivity contribution is 5.52. The summed E-state index contributed by atoms with van der Waals surface area (Å²) in [7, 11) is 3.60. The molecule has 0 aromatic heterocycles. The molecular formula is C22H38O2. The lowest BCUT2D eigenvalue weighted by molar-refractivity contribution is 0.324. The summed E-state index contributed by atoms with van der Waals surface area (Å²) >= 11 is 0. The average Bonchev–Trinajstić information content (AvgIpc) is 2.65. The Labute approximate surface area is 149 Å². The number of rotatable bonds is 10. The second-order valence-electron chi connectivity index (χ2n) is 6.93. The van der Waals surface area contributed by atoms with E-state index in [4.69, 9.17) is 9.47 Å². The molecule has 0 radical (unpaired) electrons. The molecule has 0 aliphatic heterocycles. The minimum absolute atomic E-state index is 0.157. The van der Waals surface area contributed by atoms with Gasteiger partial charge in [0.25, 0.3) is 0 Å². The molecule has 0 unspecified atom stereocenters. The van der Waals surface area contributed by atoms with Crippen LogP contribution >= 0.6 is 0 Å². The van der Waals surface area contributed by atoms with Crippen LogP contribution in [0.1, 0.15) is 91.2 Å². The summed E-state index contributed by atoms with van der Waals surface area (Å²) in [5.74, 6) is 2.05. The van der Waals surface area contributed by atoms with E-state index in [1.54, 1.807) is 14.2 Å². The Balaban J connectivity index is 3.70. The summed E-state index contributed by atoms with van der Waals surface area (Å²) in [6.45, 7) is 13.7. The molecule has 138 valence electrons. The van der Waals surface area contributed by atoms with E-state index in [9.17, 15) is 0 Å². The molecule has 0 fully saturated rings. The van der Waals surface area contributed by atoms with Crippen LogP contribution in [0.2, 0.25) is 0 Å². The molecule has 1 aromatic carbocycles. The third-order valence-corrected chi connectivity index (χ3v) is 6.72. The summed E-state index contributed by atoms with van der Waals surface area (Å²) in [5, 5.41) is 0. The van der Waals surface area contributed by atoms with Crippen molar-refractivity contribution in [1.82, 2.24) is 0 Å². The van der Waals surface area contributed by atoms with Gasteiger partial charge in [-0.2, -0.15) is 0 Å². The second-order valence-corrected chi connectivity index (χ2v) is 6.93. The minimum Gasteiger partial charge on any atom is -0.496 e. The van der Waals surface area contributed by atoms with Crippen LogP contribution < -0.4 is 9.47 Å². The van der Waals surface area contributed by atoms with Crippen molar-refractivity contribution in [3.63, 3.8) is 0 Å². The van der Waals surface area contributed by atoms with Crippen LogP contribution in [0.4, 0.5) is 0 Å². The summed E-state index contributed by atoms with van der Waals surface area (Å²) in [5.41, 5.74) is 2.92. The molecule has 1 rings (SSSR count). The Hall–Kier alpha value is -1.18. The quantitative estimate of drug-likeness (QED) is 0.477. The standard InChI is InChI=1S/C22H38O2/c1-9-21(10-2,11-3)17-15-20(24-8)18(16-19(17)23-7)22(12-4,13-5)14-6/h15-16H,9-14H2,1-8H3. The second kappa shape index (κ2) is 8.78. The predicted octanol–water partition coefficient (Wildman–Crippen LogP) is 6.64. The van der Waals surface area contributed by atoms with Gasteiger partial charge in [0.15, 0.2) is 0 Å². The zero-order valence-electron chi connectivity index (χ0n) is 17.2. The van der Waals surface area contributed by atoms with Gasteiger partial charge in [0.05, 0.1) is 14.2 Å². The molecule has 0 saturated heterocycles. The van der Waals surface area contributed by atoms with Crippen molar-refractivity contribution in [2.75, 3.05) is 14.2 Å². The molecule has 0 heterocycles. The Kier molecular flexibility index (Phi) is 7.63. The van der Waals surface area contributed by atoms with E-state index >= 15 is 0 Å². The monoisotopic (exact) mass is 334 g/mol. The van der Waals surface area contributed by atoms with Crippen molar-refractivity contribution in [1.29, 1.82) is 0 Å². The Bertz CT molecular complexity index is 447. The first-order valence-electron chi connectivity index (χ1n) is 9.74. The predicted molar refractivity (Wildman–Crippen MR) is 105 cm³/mol. The van der Waals surface area contributed by atoms with Crippen LogP contribution in [0.15, 0.2) is 12.1 Å². The van der Waals surface area contributed by atoms with Gasteiger partial charge in [0.1, 0.15) is 11.5 Å². The van der Waals surface area contributed by atoms with Gasteiger partial charge in [0.2, 0.25) is 0 Å². The van der Waals surface area contributed by atoms with Gasteiger partial charge in [0, 0.05) is 11.1 Å². The first-order chi connectivity index (χ1) is 11.5. The summed E-state index contributed by atoms with van der Waals surface area (Å²) in [6.07, 6.45) is 6.66. The van der Waals surface area contributed by atoms with Crippen LogP contribution in [0.25, 0.3) is 0 Å². The molecule has 1 aromatic rings. The third-order valence-electron chi connectivity index (χ3n) is 6.72. The zero-order valence-corrected chi connectivity index (χ0v) is 17.2. The van der Waals surface area contributed by atoms with E-state index in [0.29, 0.717) is 0 Å². The van der Waals surface area contributed by atoms with Gasteiger partial charge in [-0.1, -0.05) is 41.5 Å². The maximum Gasteiger partial charge on any atom is 0.123 e. The molecule has 0 spiro atoms. The summed E-state index contributed by atoms with van der Waals surface area (Å²) < 4.78 is 11.7. The molecule has 0 N–H and O–H groups in total. The smallest absolute Gasteiger partial charge is 0.123 e. The lowest BCUT2D eigenvalue weighted by atomic mass is 9.69. The van der Waals surface area contributed by atoms with Crippen molar-refractivity contribution in [2.45, 2.75) is 90.9 Å². The maximum absolute atomic E-state index is 5.87. The number of ether oxygens (including phenoxy) is 2. The van der Waals surface area contributed by atoms with E-state index in [1.807, 2.05) is 0 Å². The fourth-order valence-electron chi connectivity index (χ4n) is 4.37. The fraction of sp³-hybridized carbons (Fsp3) is 0.727. The van der Waals surface area contributed by atoms with Crippen LogP contribution in [-0.4, -0.2) is 14.2 Å². The minimum atomic E-state index is 0.157. The molecular weight excluding hydrogens is 296 g/mol. The van der Waals surface area contributed by atoms with Crippen molar-refractivity contribution >= 4 is 0 Å². The fourth-order valence-corrected chi connectivity index (χ4v) is 4.37. The maximum atomic E-state index is 5.87. The van der Waals surface area contributed by atoms with Gasteiger partial charge in [-0.3, -0.25) is 0 Å². The first-order valence-corrected chi connectivity index (χ1v) is 9.74. The van der Waals surface area contributed by atoms with E-state index in [1.165, 1.54) is 11.1 Å². The normalized spacial score (nSPS) is 12.3. The molecule has 0 amide bonds. The molecule has 0 aliphatic carbocycles.